The van der Waals surface area contributed by atoms with Crippen LogP contribution in [0.5, 0.6) is 5.75 Å². The molecule has 0 radical (unpaired) electrons. The molecular formula is C25H30O7. The average Bonchev–Trinajstić information content (AvgIpc) is 3.49. The number of carbonyl (C=O) groups is 3. The summed E-state index contributed by atoms with van der Waals surface area (Å²) in [4.78, 5) is 37.0. The highest BCUT2D eigenvalue weighted by molar-refractivity contribution is 5.94. The molecule has 32 heavy (non-hydrogen) atoms. The minimum absolute atomic E-state index is 0.0689. The Kier molecular flexibility index (Phi) is 4.72. The lowest BCUT2D eigenvalue weighted by molar-refractivity contribution is -0.200. The number of hydrogen-bond donors (Lipinski definition) is 4. The summed E-state index contributed by atoms with van der Waals surface area (Å²) in [5.74, 6) is -2.04. The molecule has 3 saturated carbocycles. The molecule has 1 unspecified atom stereocenters. The van der Waals surface area contributed by atoms with Crippen LogP contribution in [0.3, 0.4) is 0 Å². The number of aliphatic carboxylic acids is 2. The van der Waals surface area contributed by atoms with Crippen molar-refractivity contribution in [1.82, 2.24) is 0 Å². The zero-order chi connectivity index (χ0) is 22.9. The van der Waals surface area contributed by atoms with Gasteiger partial charge in [0, 0.05) is 11.8 Å². The standard InChI is InChI=1S/C25H30O7/c26-17-4-3-15-8-19-16(7-14-1-2-14)5-6-24(18(15)9-17)10-20(27)23(11-21(28)29,12-22(30)31)13-25(19,24)32/h3-4,9,14,16,19,26,32H,1-2,5-8,10-13H2,(H,28,29)(H,30,31)/t16?,19-,24+,25+/m0/s1. The van der Waals surface area contributed by atoms with Crippen LogP contribution in [0.25, 0.3) is 0 Å². The Hall–Kier alpha value is -2.41. The summed E-state index contributed by atoms with van der Waals surface area (Å²) in [6, 6.07) is 5.15. The van der Waals surface area contributed by atoms with Crippen molar-refractivity contribution in [2.75, 3.05) is 0 Å². The smallest absolute Gasteiger partial charge is 0.304 e. The fraction of sp³-hybridized carbons (Fsp3) is 0.640. The second kappa shape index (κ2) is 7.04. The third kappa shape index (κ3) is 3.08. The number of aliphatic hydroxyl groups is 1. The van der Waals surface area contributed by atoms with E-state index in [4.69, 9.17) is 0 Å². The van der Waals surface area contributed by atoms with Crippen LogP contribution in [0.2, 0.25) is 0 Å². The molecule has 0 amide bonds. The molecule has 2 bridgehead atoms. The van der Waals surface area contributed by atoms with Gasteiger partial charge < -0.3 is 20.4 Å². The first kappa shape index (κ1) is 21.4. The van der Waals surface area contributed by atoms with Crippen molar-refractivity contribution >= 4 is 17.7 Å². The molecule has 7 nitrogen and oxygen atoms in total. The molecule has 7 heteroatoms. The van der Waals surface area contributed by atoms with Crippen LogP contribution in [0, 0.1) is 23.2 Å². The van der Waals surface area contributed by atoms with Gasteiger partial charge in [0.2, 0.25) is 0 Å². The molecule has 0 aromatic heterocycles. The first-order valence-electron chi connectivity index (χ1n) is 11.6. The van der Waals surface area contributed by atoms with E-state index in [0.717, 1.165) is 24.0 Å². The number of phenols is 1. The van der Waals surface area contributed by atoms with Crippen LogP contribution in [0.4, 0.5) is 0 Å². The van der Waals surface area contributed by atoms with Crippen molar-refractivity contribution in [3.63, 3.8) is 0 Å². The van der Waals surface area contributed by atoms with Gasteiger partial charge in [-0.25, -0.2) is 0 Å². The maximum absolute atomic E-state index is 13.5. The minimum Gasteiger partial charge on any atom is -0.508 e. The molecule has 0 heterocycles. The summed E-state index contributed by atoms with van der Waals surface area (Å²) in [5.41, 5.74) is -2.13. The molecule has 4 aliphatic carbocycles. The number of carboxylic acids is 2. The summed E-state index contributed by atoms with van der Waals surface area (Å²) in [7, 11) is 0. The van der Waals surface area contributed by atoms with E-state index >= 15 is 0 Å². The summed E-state index contributed by atoms with van der Waals surface area (Å²) in [6.45, 7) is 0. The van der Waals surface area contributed by atoms with Gasteiger partial charge in [0.15, 0.2) is 0 Å². The number of carbonyl (C=O) groups excluding carboxylic acids is 1. The molecule has 1 aromatic rings. The molecule has 0 spiro atoms. The highest BCUT2D eigenvalue weighted by Gasteiger charge is 2.70. The molecule has 0 saturated heterocycles. The average molecular weight is 443 g/mol. The maximum atomic E-state index is 13.5. The lowest BCUT2D eigenvalue weighted by Gasteiger charge is -2.65. The Bertz CT molecular complexity index is 980. The first-order chi connectivity index (χ1) is 15.1. The Morgan fingerprint density at radius 3 is 2.38 bits per heavy atom. The van der Waals surface area contributed by atoms with E-state index in [1.165, 1.54) is 12.8 Å². The second-order valence-corrected chi connectivity index (χ2v) is 10.8. The number of benzene rings is 1. The van der Waals surface area contributed by atoms with Gasteiger partial charge in [-0.15, -0.1) is 0 Å². The van der Waals surface area contributed by atoms with E-state index in [2.05, 4.69) is 0 Å². The Labute approximate surface area is 186 Å². The van der Waals surface area contributed by atoms with Crippen LogP contribution in [0.15, 0.2) is 18.2 Å². The van der Waals surface area contributed by atoms with Crippen molar-refractivity contribution in [2.45, 2.75) is 75.2 Å². The second-order valence-electron chi connectivity index (χ2n) is 10.8. The van der Waals surface area contributed by atoms with Gasteiger partial charge in [-0.2, -0.15) is 0 Å². The number of carboxylic acid groups (broad SMARTS) is 2. The van der Waals surface area contributed by atoms with Crippen LogP contribution >= 0.6 is 0 Å². The highest BCUT2D eigenvalue weighted by atomic mass is 16.4. The number of phenolic OH excluding ortho intramolecular Hbond substituents is 1. The van der Waals surface area contributed by atoms with Gasteiger partial charge in [-0.1, -0.05) is 18.9 Å². The molecule has 0 aliphatic heterocycles. The van der Waals surface area contributed by atoms with Crippen LogP contribution in [-0.4, -0.2) is 43.7 Å². The van der Waals surface area contributed by atoms with E-state index in [-0.39, 0.29) is 30.4 Å². The first-order valence-corrected chi connectivity index (χ1v) is 11.6. The summed E-state index contributed by atoms with van der Waals surface area (Å²) in [6.07, 6.45) is 4.01. The lowest BCUT2D eigenvalue weighted by Crippen LogP contribution is -2.70. The number of fused-ring (bicyclic) bond motifs is 1. The molecule has 1 aromatic carbocycles. The van der Waals surface area contributed by atoms with Crippen molar-refractivity contribution in [2.24, 2.45) is 23.2 Å². The topological polar surface area (TPSA) is 132 Å². The molecule has 4 N–H and O–H groups in total. The van der Waals surface area contributed by atoms with Gasteiger partial charge in [-0.3, -0.25) is 14.4 Å². The van der Waals surface area contributed by atoms with Gasteiger partial charge in [0.1, 0.15) is 11.5 Å². The van der Waals surface area contributed by atoms with Crippen LogP contribution in [0.1, 0.15) is 68.9 Å². The van der Waals surface area contributed by atoms with Crippen LogP contribution < -0.4 is 0 Å². The number of aromatic hydroxyl groups is 1. The van der Waals surface area contributed by atoms with E-state index in [0.29, 0.717) is 18.8 Å². The summed E-state index contributed by atoms with van der Waals surface area (Å²) in [5, 5.41) is 41.8. The van der Waals surface area contributed by atoms with E-state index in [1.54, 1.807) is 12.1 Å². The third-order valence-electron chi connectivity index (χ3n) is 8.98. The molecule has 3 fully saturated rings. The van der Waals surface area contributed by atoms with Crippen molar-refractivity contribution in [1.29, 1.82) is 0 Å². The lowest BCUT2D eigenvalue weighted by atomic mass is 9.40. The zero-order valence-corrected chi connectivity index (χ0v) is 18.0. The third-order valence-corrected chi connectivity index (χ3v) is 8.98. The Morgan fingerprint density at radius 1 is 1.06 bits per heavy atom. The molecular weight excluding hydrogens is 412 g/mol. The predicted molar refractivity (Wildman–Crippen MR) is 113 cm³/mol. The van der Waals surface area contributed by atoms with Crippen molar-refractivity contribution in [3.8, 4) is 5.75 Å². The normalized spacial score (nSPS) is 35.0. The Balaban J connectivity index is 1.66. The summed E-state index contributed by atoms with van der Waals surface area (Å²) >= 11 is 0. The number of hydrogen-bond acceptors (Lipinski definition) is 5. The molecule has 4 aliphatic rings. The minimum atomic E-state index is -1.62. The maximum Gasteiger partial charge on any atom is 0.304 e. The van der Waals surface area contributed by atoms with Gasteiger partial charge in [0.05, 0.1) is 23.9 Å². The fourth-order valence-corrected chi connectivity index (χ4v) is 7.46. The van der Waals surface area contributed by atoms with Crippen molar-refractivity contribution < 1.29 is 34.8 Å². The largest absolute Gasteiger partial charge is 0.508 e. The molecule has 172 valence electrons. The quantitative estimate of drug-likeness (QED) is 0.532. The highest BCUT2D eigenvalue weighted by Crippen LogP contribution is 2.66. The van der Waals surface area contributed by atoms with E-state index < -0.39 is 47.0 Å². The monoisotopic (exact) mass is 442 g/mol. The SMILES string of the molecule is O=C(O)CC1(CC(=O)O)C[C@@]2(O)[C@H]3Cc4ccc(O)cc4[C@@]2(CCC3CC2CC2)CC1=O. The van der Waals surface area contributed by atoms with E-state index in [9.17, 15) is 34.8 Å². The van der Waals surface area contributed by atoms with Crippen LogP contribution in [-0.2, 0) is 26.2 Å². The molecule has 4 atom stereocenters. The number of rotatable bonds is 6. The molecule has 5 rings (SSSR count). The zero-order valence-electron chi connectivity index (χ0n) is 18.0. The Morgan fingerprint density at radius 2 is 1.75 bits per heavy atom. The van der Waals surface area contributed by atoms with Crippen molar-refractivity contribution in [3.05, 3.63) is 29.3 Å². The number of Topliss-reactive ketones (excluding diaryl/α,β-unsaturated/α-hetero) is 1. The summed E-state index contributed by atoms with van der Waals surface area (Å²) < 4.78 is 0. The van der Waals surface area contributed by atoms with E-state index in [1.807, 2.05) is 6.07 Å². The fourth-order valence-electron chi connectivity index (χ4n) is 7.46. The predicted octanol–water partition coefficient (Wildman–Crippen LogP) is 3.04. The van der Waals surface area contributed by atoms with Gasteiger partial charge in [-0.05, 0) is 73.1 Å². The number of ketones is 1. The van der Waals surface area contributed by atoms with Gasteiger partial charge >= 0.3 is 11.9 Å². The van der Waals surface area contributed by atoms with Gasteiger partial charge in [0.25, 0.3) is 0 Å².